The van der Waals surface area contributed by atoms with E-state index in [1.165, 1.54) is 5.56 Å². The zero-order valence-corrected chi connectivity index (χ0v) is 13.8. The molecule has 3 aromatic heterocycles. The molecular formula is C15H19N5OS. The van der Waals surface area contributed by atoms with Gasteiger partial charge in [0.25, 0.3) is 5.56 Å². The summed E-state index contributed by atoms with van der Waals surface area (Å²) in [5, 5.41) is 4.85. The predicted molar refractivity (Wildman–Crippen MR) is 88.2 cm³/mol. The Balaban J connectivity index is 1.68. The van der Waals surface area contributed by atoms with Crippen LogP contribution >= 0.6 is 11.3 Å². The second-order valence-corrected chi connectivity index (χ2v) is 6.83. The number of thiophene rings is 1. The van der Waals surface area contributed by atoms with Crippen molar-refractivity contribution >= 4 is 21.6 Å². The first kappa shape index (κ1) is 14.9. The first-order valence-corrected chi connectivity index (χ1v) is 7.98. The Morgan fingerprint density at radius 3 is 3.00 bits per heavy atom. The molecule has 0 aliphatic carbocycles. The zero-order chi connectivity index (χ0) is 15.7. The van der Waals surface area contributed by atoms with Gasteiger partial charge in [-0.3, -0.25) is 14.4 Å². The lowest BCUT2D eigenvalue weighted by Gasteiger charge is -2.15. The van der Waals surface area contributed by atoms with Crippen LogP contribution in [0.1, 0.15) is 16.3 Å². The molecule has 0 aliphatic heterocycles. The van der Waals surface area contributed by atoms with Gasteiger partial charge in [0.05, 0.1) is 18.1 Å². The van der Waals surface area contributed by atoms with Gasteiger partial charge >= 0.3 is 0 Å². The van der Waals surface area contributed by atoms with Gasteiger partial charge in [0, 0.05) is 24.7 Å². The molecule has 6 nitrogen and oxygen atoms in total. The number of aromatic amines is 1. The summed E-state index contributed by atoms with van der Waals surface area (Å²) in [7, 11) is 3.94. The zero-order valence-electron chi connectivity index (χ0n) is 13.0. The molecule has 0 aliphatic rings. The Kier molecular flexibility index (Phi) is 4.08. The van der Waals surface area contributed by atoms with E-state index in [4.69, 9.17) is 0 Å². The average Bonchev–Trinajstić information content (AvgIpc) is 3.02. The van der Waals surface area contributed by atoms with Crippen LogP contribution in [-0.4, -0.2) is 38.2 Å². The van der Waals surface area contributed by atoms with Crippen molar-refractivity contribution in [3.8, 4) is 0 Å². The van der Waals surface area contributed by atoms with Crippen molar-refractivity contribution in [3.63, 3.8) is 0 Å². The molecule has 0 saturated carbocycles. The Morgan fingerprint density at radius 1 is 1.45 bits per heavy atom. The van der Waals surface area contributed by atoms with Crippen LogP contribution in [0, 0.1) is 6.92 Å². The lowest BCUT2D eigenvalue weighted by molar-refractivity contribution is 0.322. The summed E-state index contributed by atoms with van der Waals surface area (Å²) in [5.41, 5.74) is 1.16. The van der Waals surface area contributed by atoms with Crippen molar-refractivity contribution in [3.05, 3.63) is 45.1 Å². The second kappa shape index (κ2) is 6.02. The summed E-state index contributed by atoms with van der Waals surface area (Å²) in [4.78, 5) is 23.6. The molecule has 0 radical (unpaired) electrons. The summed E-state index contributed by atoms with van der Waals surface area (Å²) in [6, 6.07) is 1.89. The van der Waals surface area contributed by atoms with Crippen LogP contribution in [0.4, 0.5) is 0 Å². The van der Waals surface area contributed by atoms with Gasteiger partial charge in [-0.05, 0) is 32.0 Å². The Labute approximate surface area is 132 Å². The van der Waals surface area contributed by atoms with E-state index in [1.807, 2.05) is 39.5 Å². The maximum absolute atomic E-state index is 12.1. The summed E-state index contributed by atoms with van der Waals surface area (Å²) in [6.07, 6.45) is 4.83. The second-order valence-electron chi connectivity index (χ2n) is 5.60. The molecule has 0 fully saturated rings. The van der Waals surface area contributed by atoms with Gasteiger partial charge in [0.1, 0.15) is 10.7 Å². The minimum absolute atomic E-state index is 0.0509. The molecule has 1 N–H and O–H groups in total. The van der Waals surface area contributed by atoms with E-state index in [-0.39, 0.29) is 5.56 Å². The fraction of sp³-hybridized carbons (Fsp3) is 0.400. The number of aromatic nitrogens is 4. The van der Waals surface area contributed by atoms with Gasteiger partial charge in [0.2, 0.25) is 0 Å². The van der Waals surface area contributed by atoms with Gasteiger partial charge in [-0.2, -0.15) is 5.10 Å². The van der Waals surface area contributed by atoms with E-state index in [1.54, 1.807) is 16.0 Å². The molecule has 3 aromatic rings. The van der Waals surface area contributed by atoms with Crippen molar-refractivity contribution in [2.45, 2.75) is 19.9 Å². The van der Waals surface area contributed by atoms with Crippen molar-refractivity contribution in [2.75, 3.05) is 13.6 Å². The van der Waals surface area contributed by atoms with Gasteiger partial charge in [-0.1, -0.05) is 0 Å². The maximum Gasteiger partial charge on any atom is 0.259 e. The van der Waals surface area contributed by atoms with Gasteiger partial charge < -0.3 is 4.98 Å². The molecule has 3 heterocycles. The largest absolute Gasteiger partial charge is 0.309 e. The van der Waals surface area contributed by atoms with Crippen LogP contribution in [0.5, 0.6) is 0 Å². The molecule has 0 aromatic carbocycles. The van der Waals surface area contributed by atoms with Gasteiger partial charge in [0.15, 0.2) is 0 Å². The predicted octanol–water partition coefficient (Wildman–Crippen LogP) is 1.70. The monoisotopic (exact) mass is 317 g/mol. The minimum atomic E-state index is -0.0509. The summed E-state index contributed by atoms with van der Waals surface area (Å²) >= 11 is 1.56. The van der Waals surface area contributed by atoms with E-state index >= 15 is 0 Å². The Morgan fingerprint density at radius 2 is 2.27 bits per heavy atom. The molecule has 0 unspecified atom stereocenters. The third-order valence-electron chi connectivity index (χ3n) is 3.53. The Bertz CT molecular complexity index is 847. The molecule has 0 amide bonds. The fourth-order valence-corrected chi connectivity index (χ4v) is 3.33. The van der Waals surface area contributed by atoms with E-state index in [0.717, 1.165) is 22.7 Å². The SMILES string of the molecule is Cc1cc2c(=O)[nH]c(CN(C)CCc3cnn(C)c3)nc2s1. The highest BCUT2D eigenvalue weighted by Crippen LogP contribution is 2.19. The highest BCUT2D eigenvalue weighted by Gasteiger charge is 2.09. The van der Waals surface area contributed by atoms with Gasteiger partial charge in [-0.25, -0.2) is 4.98 Å². The summed E-state index contributed by atoms with van der Waals surface area (Å²) < 4.78 is 1.81. The number of aryl methyl sites for hydroxylation is 2. The number of nitrogens with one attached hydrogen (secondary N) is 1. The molecular weight excluding hydrogens is 298 g/mol. The molecule has 22 heavy (non-hydrogen) atoms. The number of H-pyrrole nitrogens is 1. The van der Waals surface area contributed by atoms with Crippen LogP contribution in [0.3, 0.4) is 0 Å². The molecule has 3 rings (SSSR count). The van der Waals surface area contributed by atoms with E-state index in [9.17, 15) is 4.79 Å². The van der Waals surface area contributed by atoms with Crippen molar-refractivity contribution in [2.24, 2.45) is 7.05 Å². The van der Waals surface area contributed by atoms with Crippen LogP contribution < -0.4 is 5.56 Å². The van der Waals surface area contributed by atoms with Crippen LogP contribution in [0.25, 0.3) is 10.2 Å². The summed E-state index contributed by atoms with van der Waals surface area (Å²) in [6.45, 7) is 3.50. The molecule has 0 spiro atoms. The highest BCUT2D eigenvalue weighted by molar-refractivity contribution is 7.18. The van der Waals surface area contributed by atoms with Crippen LogP contribution in [-0.2, 0) is 20.0 Å². The third-order valence-corrected chi connectivity index (χ3v) is 4.48. The fourth-order valence-electron chi connectivity index (χ4n) is 2.43. The number of nitrogens with zero attached hydrogens (tertiary/aromatic N) is 4. The third kappa shape index (κ3) is 3.26. The van der Waals surface area contributed by atoms with Crippen molar-refractivity contribution in [1.82, 2.24) is 24.6 Å². The Hall–Kier alpha value is -1.99. The smallest absolute Gasteiger partial charge is 0.259 e. The van der Waals surface area contributed by atoms with Gasteiger partial charge in [-0.15, -0.1) is 11.3 Å². The van der Waals surface area contributed by atoms with E-state index < -0.39 is 0 Å². The number of hydrogen-bond acceptors (Lipinski definition) is 5. The first-order chi connectivity index (χ1) is 10.5. The van der Waals surface area contributed by atoms with Crippen molar-refractivity contribution in [1.29, 1.82) is 0 Å². The maximum atomic E-state index is 12.1. The van der Waals surface area contributed by atoms with E-state index in [2.05, 4.69) is 20.0 Å². The van der Waals surface area contributed by atoms with E-state index in [0.29, 0.717) is 17.8 Å². The summed E-state index contributed by atoms with van der Waals surface area (Å²) in [5.74, 6) is 0.716. The molecule has 0 atom stereocenters. The van der Waals surface area contributed by atoms with Crippen LogP contribution in [0.2, 0.25) is 0 Å². The normalized spacial score (nSPS) is 11.6. The number of rotatable bonds is 5. The van der Waals surface area contributed by atoms with Crippen LogP contribution in [0.15, 0.2) is 23.3 Å². The first-order valence-electron chi connectivity index (χ1n) is 7.16. The number of likely N-dealkylation sites (N-methyl/N-ethyl adjacent to an activating group) is 1. The topological polar surface area (TPSA) is 66.8 Å². The highest BCUT2D eigenvalue weighted by atomic mass is 32.1. The minimum Gasteiger partial charge on any atom is -0.309 e. The standard InChI is InChI=1S/C15H19N5OS/c1-10-6-12-14(21)17-13(18-15(12)22-10)9-19(2)5-4-11-7-16-20(3)8-11/h6-8H,4-5,9H2,1-3H3,(H,17,18,21). The lowest BCUT2D eigenvalue weighted by atomic mass is 10.2. The average molecular weight is 317 g/mol. The molecule has 116 valence electrons. The molecule has 0 saturated heterocycles. The molecule has 7 heteroatoms. The number of fused-ring (bicyclic) bond motifs is 1. The molecule has 0 bridgehead atoms. The lowest BCUT2D eigenvalue weighted by Crippen LogP contribution is -2.23. The van der Waals surface area contributed by atoms with Crippen molar-refractivity contribution < 1.29 is 0 Å². The quantitative estimate of drug-likeness (QED) is 0.778. The number of hydrogen-bond donors (Lipinski definition) is 1.